The van der Waals surface area contributed by atoms with E-state index in [0.717, 1.165) is 19.3 Å². The molecule has 1 aromatic heterocycles. The largest absolute Gasteiger partial charge is 0.305 e. The molecule has 0 spiro atoms. The fraction of sp³-hybridized carbons (Fsp3) is 0.471. The average molecular weight is 365 g/mol. The first-order valence-corrected chi connectivity index (χ1v) is 9.24. The predicted octanol–water partition coefficient (Wildman–Crippen LogP) is 4.68. The van der Waals surface area contributed by atoms with Crippen LogP contribution in [0, 0.1) is 0 Å². The molecule has 0 saturated carbocycles. The van der Waals surface area contributed by atoms with Crippen LogP contribution in [-0.2, 0) is 19.3 Å². The summed E-state index contributed by atoms with van der Waals surface area (Å²) in [6.45, 7) is 4.42. The van der Waals surface area contributed by atoms with Gasteiger partial charge in [0.15, 0.2) is 0 Å². The number of benzene rings is 1. The minimum absolute atomic E-state index is 0.345. The van der Waals surface area contributed by atoms with Gasteiger partial charge in [-0.05, 0) is 55.9 Å². The topological polar surface area (TPSA) is 24.9 Å². The number of nitrogens with zero attached hydrogens (tertiary/aromatic N) is 1. The second kappa shape index (κ2) is 6.59. The SMILES string of the molecule is CCc1cnc(C(C)NC2CCc3cc(Br)ccc3C2)s1. The van der Waals surface area contributed by atoms with Gasteiger partial charge in [-0.15, -0.1) is 11.3 Å². The summed E-state index contributed by atoms with van der Waals surface area (Å²) in [5.41, 5.74) is 2.99. The summed E-state index contributed by atoms with van der Waals surface area (Å²) in [5.74, 6) is 0. The van der Waals surface area contributed by atoms with Crippen LogP contribution < -0.4 is 5.32 Å². The van der Waals surface area contributed by atoms with Crippen molar-refractivity contribution in [3.05, 3.63) is 49.9 Å². The Labute approximate surface area is 139 Å². The van der Waals surface area contributed by atoms with Crippen molar-refractivity contribution in [1.82, 2.24) is 10.3 Å². The van der Waals surface area contributed by atoms with Crippen molar-refractivity contribution in [2.75, 3.05) is 0 Å². The molecular weight excluding hydrogens is 344 g/mol. The number of aromatic nitrogens is 1. The van der Waals surface area contributed by atoms with Gasteiger partial charge in [-0.25, -0.2) is 4.98 Å². The van der Waals surface area contributed by atoms with Crippen molar-refractivity contribution in [1.29, 1.82) is 0 Å². The van der Waals surface area contributed by atoms with Crippen LogP contribution in [0.1, 0.15) is 47.3 Å². The van der Waals surface area contributed by atoms with Gasteiger partial charge in [-0.1, -0.05) is 28.9 Å². The summed E-state index contributed by atoms with van der Waals surface area (Å²) >= 11 is 5.40. The van der Waals surface area contributed by atoms with Crippen LogP contribution in [0.3, 0.4) is 0 Å². The van der Waals surface area contributed by atoms with E-state index in [1.807, 2.05) is 17.5 Å². The zero-order valence-corrected chi connectivity index (χ0v) is 14.9. The van der Waals surface area contributed by atoms with Crippen LogP contribution in [0.15, 0.2) is 28.9 Å². The van der Waals surface area contributed by atoms with Gasteiger partial charge in [-0.2, -0.15) is 0 Å². The molecule has 4 heteroatoms. The summed E-state index contributed by atoms with van der Waals surface area (Å²) in [7, 11) is 0. The Hall–Kier alpha value is -0.710. The lowest BCUT2D eigenvalue weighted by Crippen LogP contribution is -2.36. The van der Waals surface area contributed by atoms with Gasteiger partial charge < -0.3 is 5.32 Å². The van der Waals surface area contributed by atoms with Crippen molar-refractivity contribution in [2.45, 2.75) is 51.6 Å². The molecule has 3 rings (SSSR count). The first-order valence-electron chi connectivity index (χ1n) is 7.63. The second-order valence-electron chi connectivity index (χ2n) is 5.76. The van der Waals surface area contributed by atoms with Gasteiger partial charge in [0.2, 0.25) is 0 Å². The molecule has 0 fully saturated rings. The normalized spacial score (nSPS) is 19.3. The van der Waals surface area contributed by atoms with Crippen LogP contribution in [-0.4, -0.2) is 11.0 Å². The van der Waals surface area contributed by atoms with Gasteiger partial charge in [0, 0.05) is 21.6 Å². The third-order valence-corrected chi connectivity index (χ3v) is 5.99. The van der Waals surface area contributed by atoms with Gasteiger partial charge in [0.1, 0.15) is 5.01 Å². The fourth-order valence-electron chi connectivity index (χ4n) is 2.98. The number of nitrogens with one attached hydrogen (secondary N) is 1. The van der Waals surface area contributed by atoms with Crippen molar-refractivity contribution in [2.24, 2.45) is 0 Å². The molecule has 0 aliphatic heterocycles. The maximum absolute atomic E-state index is 4.56. The number of hydrogen-bond donors (Lipinski definition) is 1. The molecule has 0 amide bonds. The molecule has 112 valence electrons. The number of aryl methyl sites for hydroxylation is 2. The molecule has 1 aliphatic carbocycles. The van der Waals surface area contributed by atoms with E-state index in [1.54, 1.807) is 0 Å². The number of halogens is 1. The number of hydrogen-bond acceptors (Lipinski definition) is 3. The standard InChI is InChI=1S/C17H21BrN2S/c1-3-16-10-19-17(21-16)11(2)20-15-7-5-12-8-14(18)6-4-13(12)9-15/h4,6,8,10-11,15,20H,3,5,7,9H2,1-2H3. The summed E-state index contributed by atoms with van der Waals surface area (Å²) in [5, 5.41) is 4.98. The van der Waals surface area contributed by atoms with E-state index in [4.69, 9.17) is 0 Å². The van der Waals surface area contributed by atoms with Crippen LogP contribution in [0.4, 0.5) is 0 Å². The van der Waals surface area contributed by atoms with E-state index in [1.165, 1.54) is 31.9 Å². The molecular formula is C17H21BrN2S. The molecule has 1 aromatic carbocycles. The van der Waals surface area contributed by atoms with Crippen molar-refractivity contribution in [3.8, 4) is 0 Å². The molecule has 2 aromatic rings. The maximum atomic E-state index is 4.56. The highest BCUT2D eigenvalue weighted by Crippen LogP contribution is 2.27. The van der Waals surface area contributed by atoms with Crippen LogP contribution in [0.2, 0.25) is 0 Å². The quantitative estimate of drug-likeness (QED) is 0.851. The van der Waals surface area contributed by atoms with Crippen molar-refractivity contribution >= 4 is 27.3 Å². The third kappa shape index (κ3) is 3.55. The maximum Gasteiger partial charge on any atom is 0.109 e. The minimum Gasteiger partial charge on any atom is -0.305 e. The van der Waals surface area contributed by atoms with Crippen molar-refractivity contribution in [3.63, 3.8) is 0 Å². The average Bonchev–Trinajstić information content (AvgIpc) is 2.96. The van der Waals surface area contributed by atoms with E-state index in [0.29, 0.717) is 12.1 Å². The number of rotatable bonds is 4. The summed E-state index contributed by atoms with van der Waals surface area (Å²) in [6.07, 6.45) is 6.60. The zero-order chi connectivity index (χ0) is 14.8. The zero-order valence-electron chi connectivity index (χ0n) is 12.5. The predicted molar refractivity (Wildman–Crippen MR) is 93.0 cm³/mol. The first-order chi connectivity index (χ1) is 10.2. The highest BCUT2D eigenvalue weighted by molar-refractivity contribution is 9.10. The monoisotopic (exact) mass is 364 g/mol. The summed E-state index contributed by atoms with van der Waals surface area (Å²) in [4.78, 5) is 5.93. The first kappa shape index (κ1) is 15.2. The lowest BCUT2D eigenvalue weighted by atomic mass is 9.88. The Bertz CT molecular complexity index is 623. The Morgan fingerprint density at radius 2 is 2.29 bits per heavy atom. The third-order valence-electron chi connectivity index (χ3n) is 4.17. The second-order valence-corrected chi connectivity index (χ2v) is 7.82. The van der Waals surface area contributed by atoms with Gasteiger partial charge in [-0.3, -0.25) is 0 Å². The Morgan fingerprint density at radius 3 is 3.05 bits per heavy atom. The van der Waals surface area contributed by atoms with Gasteiger partial charge in [0.25, 0.3) is 0 Å². The number of fused-ring (bicyclic) bond motifs is 1. The molecule has 1 aliphatic rings. The molecule has 0 radical (unpaired) electrons. The number of thiazole rings is 1. The lowest BCUT2D eigenvalue weighted by Gasteiger charge is -2.28. The molecule has 1 heterocycles. The van der Waals surface area contributed by atoms with E-state index < -0.39 is 0 Å². The van der Waals surface area contributed by atoms with E-state index in [9.17, 15) is 0 Å². The van der Waals surface area contributed by atoms with Gasteiger partial charge >= 0.3 is 0 Å². The Morgan fingerprint density at radius 1 is 1.43 bits per heavy atom. The fourth-order valence-corrected chi connectivity index (χ4v) is 4.25. The summed E-state index contributed by atoms with van der Waals surface area (Å²) in [6, 6.07) is 7.58. The molecule has 21 heavy (non-hydrogen) atoms. The highest BCUT2D eigenvalue weighted by atomic mass is 79.9. The summed E-state index contributed by atoms with van der Waals surface area (Å²) < 4.78 is 1.19. The van der Waals surface area contributed by atoms with E-state index >= 15 is 0 Å². The van der Waals surface area contributed by atoms with Crippen LogP contribution in [0.25, 0.3) is 0 Å². The van der Waals surface area contributed by atoms with Crippen molar-refractivity contribution < 1.29 is 0 Å². The van der Waals surface area contributed by atoms with Crippen LogP contribution >= 0.6 is 27.3 Å². The van der Waals surface area contributed by atoms with E-state index in [2.05, 4.69) is 58.3 Å². The lowest BCUT2D eigenvalue weighted by molar-refractivity contribution is 0.413. The Balaban J connectivity index is 1.65. The van der Waals surface area contributed by atoms with Gasteiger partial charge in [0.05, 0.1) is 6.04 Å². The smallest absolute Gasteiger partial charge is 0.109 e. The van der Waals surface area contributed by atoms with E-state index in [-0.39, 0.29) is 0 Å². The molecule has 2 nitrogen and oxygen atoms in total. The highest BCUT2D eigenvalue weighted by Gasteiger charge is 2.21. The molecule has 1 N–H and O–H groups in total. The molecule has 2 atom stereocenters. The van der Waals surface area contributed by atoms with Crippen LogP contribution in [0.5, 0.6) is 0 Å². The molecule has 2 unspecified atom stereocenters. The molecule has 0 bridgehead atoms. The minimum atomic E-state index is 0.345. The Kier molecular flexibility index (Phi) is 4.77. The molecule has 0 saturated heterocycles.